The molecule has 0 radical (unpaired) electrons. The van der Waals surface area contributed by atoms with Crippen LogP contribution in [-0.4, -0.2) is 4.98 Å². The van der Waals surface area contributed by atoms with Crippen molar-refractivity contribution in [1.82, 2.24) is 4.98 Å². The van der Waals surface area contributed by atoms with Gasteiger partial charge in [-0.25, -0.2) is 0 Å². The summed E-state index contributed by atoms with van der Waals surface area (Å²) in [6.07, 6.45) is 1.81. The third-order valence-corrected chi connectivity index (χ3v) is 2.73. The van der Waals surface area contributed by atoms with Gasteiger partial charge in [0, 0.05) is 11.8 Å². The van der Waals surface area contributed by atoms with Crippen molar-refractivity contribution in [3.8, 4) is 11.1 Å². The lowest BCUT2D eigenvalue weighted by Gasteiger charge is -2.07. The van der Waals surface area contributed by atoms with Crippen LogP contribution in [0.25, 0.3) is 11.1 Å². The van der Waals surface area contributed by atoms with Crippen LogP contribution in [-0.2, 0) is 0 Å². The van der Waals surface area contributed by atoms with Gasteiger partial charge in [0.05, 0.1) is 5.44 Å². The summed E-state index contributed by atoms with van der Waals surface area (Å²) >= 11 is 0. The van der Waals surface area contributed by atoms with E-state index in [-0.39, 0.29) is 0 Å². The molecule has 2 heteroatoms. The molecule has 0 N–H and O–H groups in total. The highest BCUT2D eigenvalue weighted by Crippen LogP contribution is 2.21. The van der Waals surface area contributed by atoms with Crippen LogP contribution in [0, 0.1) is 6.92 Å². The molecule has 0 aliphatic heterocycles. The van der Waals surface area contributed by atoms with Gasteiger partial charge < -0.3 is 0 Å². The molecule has 0 bridgehead atoms. The average Bonchev–Trinajstić information content (AvgIpc) is 2.20. The largest absolute Gasteiger partial charge is 0.256 e. The Morgan fingerprint density at radius 2 is 1.71 bits per heavy atom. The second-order valence-corrected chi connectivity index (χ2v) is 3.80. The van der Waals surface area contributed by atoms with Gasteiger partial charge in [0.15, 0.2) is 0 Å². The number of pyridine rings is 1. The molecular formula is C12H12NP. The van der Waals surface area contributed by atoms with Crippen molar-refractivity contribution in [2.75, 3.05) is 0 Å². The van der Waals surface area contributed by atoms with Gasteiger partial charge >= 0.3 is 0 Å². The van der Waals surface area contributed by atoms with Crippen molar-refractivity contribution in [2.45, 2.75) is 6.92 Å². The summed E-state index contributed by atoms with van der Waals surface area (Å²) in [5.41, 5.74) is 4.73. The maximum absolute atomic E-state index is 4.26. The fourth-order valence-corrected chi connectivity index (χ4v) is 1.86. The first kappa shape index (κ1) is 9.36. The van der Waals surface area contributed by atoms with Gasteiger partial charge in [0.25, 0.3) is 0 Å². The zero-order valence-electron chi connectivity index (χ0n) is 8.07. The van der Waals surface area contributed by atoms with E-state index in [1.807, 2.05) is 12.3 Å². The first-order chi connectivity index (χ1) is 6.79. The number of hydrogen-bond donors (Lipinski definition) is 0. The van der Waals surface area contributed by atoms with Gasteiger partial charge in [-0.2, -0.15) is 0 Å². The Morgan fingerprint density at radius 3 is 2.43 bits per heavy atom. The Bertz CT molecular complexity index is 408. The molecule has 1 aromatic heterocycles. The van der Waals surface area contributed by atoms with E-state index in [4.69, 9.17) is 0 Å². The Balaban J connectivity index is 2.61. The monoisotopic (exact) mass is 201 g/mol. The zero-order chi connectivity index (χ0) is 9.97. The van der Waals surface area contributed by atoms with Crippen LogP contribution in [0.15, 0.2) is 42.6 Å². The fourth-order valence-electron chi connectivity index (χ4n) is 1.52. The minimum atomic E-state index is 1.00. The second kappa shape index (κ2) is 3.89. The fraction of sp³-hybridized carbons (Fsp3) is 0.0833. The van der Waals surface area contributed by atoms with Crippen LogP contribution in [0.3, 0.4) is 0 Å². The molecule has 2 rings (SSSR count). The molecule has 70 valence electrons. The van der Waals surface area contributed by atoms with Crippen LogP contribution in [0.5, 0.6) is 0 Å². The lowest BCUT2D eigenvalue weighted by atomic mass is 10.0. The van der Waals surface area contributed by atoms with E-state index in [1.54, 1.807) is 0 Å². The number of benzene rings is 1. The molecule has 0 saturated heterocycles. The molecule has 1 nitrogen and oxygen atoms in total. The Hall–Kier alpha value is -1.20. The maximum Gasteiger partial charge on any atom is 0.0646 e. The highest BCUT2D eigenvalue weighted by Gasteiger charge is 2.03. The number of rotatable bonds is 1. The van der Waals surface area contributed by atoms with Crippen LogP contribution >= 0.6 is 9.24 Å². The average molecular weight is 201 g/mol. The third-order valence-electron chi connectivity index (χ3n) is 2.27. The first-order valence-electron chi connectivity index (χ1n) is 4.55. The summed E-state index contributed by atoms with van der Waals surface area (Å²) in [5.74, 6) is 0. The first-order valence-corrected chi connectivity index (χ1v) is 5.13. The van der Waals surface area contributed by atoms with Gasteiger partial charge in [0.2, 0.25) is 0 Å². The minimum Gasteiger partial charge on any atom is -0.256 e. The van der Waals surface area contributed by atoms with E-state index < -0.39 is 0 Å². The van der Waals surface area contributed by atoms with E-state index in [1.165, 1.54) is 16.7 Å². The normalized spacial score (nSPS) is 10.1. The summed E-state index contributed by atoms with van der Waals surface area (Å²) in [7, 11) is 2.67. The van der Waals surface area contributed by atoms with E-state index in [0.717, 1.165) is 5.44 Å². The SMILES string of the molecule is Cc1ccccc1-c1cccnc1P. The molecule has 0 spiro atoms. The molecular weight excluding hydrogens is 189 g/mol. The van der Waals surface area contributed by atoms with Gasteiger partial charge in [0.1, 0.15) is 0 Å². The summed E-state index contributed by atoms with van der Waals surface area (Å²) in [5, 5.41) is 0. The lowest BCUT2D eigenvalue weighted by Crippen LogP contribution is -2.01. The smallest absolute Gasteiger partial charge is 0.0646 e. The predicted molar refractivity (Wildman–Crippen MR) is 63.8 cm³/mol. The van der Waals surface area contributed by atoms with Crippen LogP contribution in [0.2, 0.25) is 0 Å². The van der Waals surface area contributed by atoms with Crippen LogP contribution < -0.4 is 5.44 Å². The Kier molecular flexibility index (Phi) is 2.60. The predicted octanol–water partition coefficient (Wildman–Crippen LogP) is 2.56. The van der Waals surface area contributed by atoms with E-state index in [2.05, 4.69) is 51.5 Å². The highest BCUT2D eigenvalue weighted by atomic mass is 31.0. The summed E-state index contributed by atoms with van der Waals surface area (Å²) in [6, 6.07) is 12.4. The molecule has 1 heterocycles. The molecule has 0 saturated carbocycles. The molecule has 0 aliphatic carbocycles. The molecule has 0 aliphatic rings. The lowest BCUT2D eigenvalue weighted by molar-refractivity contribution is 1.38. The number of aromatic nitrogens is 1. The van der Waals surface area contributed by atoms with Gasteiger partial charge in [-0.05, 0) is 24.1 Å². The molecule has 0 fully saturated rings. The molecule has 1 atom stereocenters. The maximum atomic E-state index is 4.26. The Morgan fingerprint density at radius 1 is 1.00 bits per heavy atom. The van der Waals surface area contributed by atoms with E-state index >= 15 is 0 Å². The van der Waals surface area contributed by atoms with Crippen molar-refractivity contribution >= 4 is 14.7 Å². The summed E-state index contributed by atoms with van der Waals surface area (Å²) in [6.45, 7) is 2.12. The molecule has 1 aromatic carbocycles. The van der Waals surface area contributed by atoms with E-state index in [0.29, 0.717) is 0 Å². The van der Waals surface area contributed by atoms with E-state index in [9.17, 15) is 0 Å². The topological polar surface area (TPSA) is 12.9 Å². The van der Waals surface area contributed by atoms with Gasteiger partial charge in [-0.1, -0.05) is 39.6 Å². The summed E-state index contributed by atoms with van der Waals surface area (Å²) in [4.78, 5) is 4.26. The third kappa shape index (κ3) is 1.69. The second-order valence-electron chi connectivity index (χ2n) is 3.25. The van der Waals surface area contributed by atoms with Gasteiger partial charge in [-0.3, -0.25) is 4.98 Å². The van der Waals surface area contributed by atoms with Crippen molar-refractivity contribution in [2.24, 2.45) is 0 Å². The van der Waals surface area contributed by atoms with Crippen molar-refractivity contribution in [1.29, 1.82) is 0 Å². The van der Waals surface area contributed by atoms with Crippen molar-refractivity contribution in [3.05, 3.63) is 48.2 Å². The molecule has 0 amide bonds. The Labute approximate surface area is 86.4 Å². The van der Waals surface area contributed by atoms with Crippen molar-refractivity contribution in [3.63, 3.8) is 0 Å². The number of nitrogens with zero attached hydrogens (tertiary/aromatic N) is 1. The minimum absolute atomic E-state index is 1.00. The number of hydrogen-bond acceptors (Lipinski definition) is 1. The zero-order valence-corrected chi connectivity index (χ0v) is 9.22. The number of aryl methyl sites for hydroxylation is 1. The standard InChI is InChI=1S/C12H12NP/c1-9-5-2-3-6-10(9)11-7-4-8-13-12(11)14/h2-8H,14H2,1H3. The van der Waals surface area contributed by atoms with Gasteiger partial charge in [-0.15, -0.1) is 0 Å². The van der Waals surface area contributed by atoms with Crippen LogP contribution in [0.1, 0.15) is 5.56 Å². The molecule has 1 unspecified atom stereocenters. The highest BCUT2D eigenvalue weighted by molar-refractivity contribution is 7.27. The van der Waals surface area contributed by atoms with Crippen LogP contribution in [0.4, 0.5) is 0 Å². The molecule has 14 heavy (non-hydrogen) atoms. The molecule has 2 aromatic rings. The summed E-state index contributed by atoms with van der Waals surface area (Å²) < 4.78 is 0. The quantitative estimate of drug-likeness (QED) is 0.646. The van der Waals surface area contributed by atoms with Crippen molar-refractivity contribution < 1.29 is 0 Å².